The zero-order valence-electron chi connectivity index (χ0n) is 15.8. The molecule has 142 valence electrons. The molecule has 2 amide bonds. The number of anilines is 1. The molecule has 0 bridgehead atoms. The van der Waals surface area contributed by atoms with E-state index in [9.17, 15) is 9.59 Å². The first kappa shape index (κ1) is 18.0. The van der Waals surface area contributed by atoms with Gasteiger partial charge < -0.3 is 19.9 Å². The number of aromatic amines is 1. The Morgan fingerprint density at radius 1 is 1.29 bits per heavy atom. The number of amides is 2. The van der Waals surface area contributed by atoms with Gasteiger partial charge in [-0.05, 0) is 43.7 Å². The lowest BCUT2D eigenvalue weighted by molar-refractivity contribution is -0.110. The standard InChI is InChI=1S/C21H20N4O3/c1-12-18(23-13(2)19(12)21(27)25-5-7-28-8-6-25)10-16-15-9-14(11-22)3-4-17(15)24-20(16)26/h3-4,9-10,23H,5-8H2,1-2H3,(H,24,26)/b16-10-. The average molecular weight is 376 g/mol. The van der Waals surface area contributed by atoms with Crippen LogP contribution in [-0.2, 0) is 9.53 Å². The predicted molar refractivity (Wildman–Crippen MR) is 105 cm³/mol. The number of aromatic nitrogens is 1. The number of fused-ring (bicyclic) bond motifs is 1. The lowest BCUT2D eigenvalue weighted by Gasteiger charge is -2.27. The molecule has 0 radical (unpaired) electrons. The van der Waals surface area contributed by atoms with Gasteiger partial charge in [-0.3, -0.25) is 9.59 Å². The van der Waals surface area contributed by atoms with Gasteiger partial charge in [0, 0.05) is 35.7 Å². The number of carbonyl (C=O) groups is 2. The minimum atomic E-state index is -0.224. The quantitative estimate of drug-likeness (QED) is 0.787. The van der Waals surface area contributed by atoms with Crippen LogP contribution in [0.4, 0.5) is 5.69 Å². The largest absolute Gasteiger partial charge is 0.378 e. The third-order valence-corrected chi connectivity index (χ3v) is 5.21. The van der Waals surface area contributed by atoms with Crippen LogP contribution in [0.5, 0.6) is 0 Å². The van der Waals surface area contributed by atoms with Gasteiger partial charge in [0.15, 0.2) is 0 Å². The summed E-state index contributed by atoms with van der Waals surface area (Å²) in [6.45, 7) is 5.98. The van der Waals surface area contributed by atoms with Crippen LogP contribution in [0.1, 0.15) is 38.4 Å². The van der Waals surface area contributed by atoms with E-state index in [4.69, 9.17) is 10.00 Å². The number of rotatable bonds is 2. The van der Waals surface area contributed by atoms with Crippen LogP contribution >= 0.6 is 0 Å². The molecule has 1 saturated heterocycles. The number of nitriles is 1. The van der Waals surface area contributed by atoms with Gasteiger partial charge in [0.1, 0.15) is 0 Å². The first-order valence-corrected chi connectivity index (χ1v) is 9.13. The Morgan fingerprint density at radius 2 is 2.04 bits per heavy atom. The minimum Gasteiger partial charge on any atom is -0.378 e. The van der Waals surface area contributed by atoms with Gasteiger partial charge in [-0.2, -0.15) is 5.26 Å². The second kappa shape index (κ2) is 6.98. The van der Waals surface area contributed by atoms with Crippen molar-refractivity contribution in [3.05, 3.63) is 51.8 Å². The molecule has 2 aliphatic heterocycles. The summed E-state index contributed by atoms with van der Waals surface area (Å²) >= 11 is 0. The molecule has 7 heteroatoms. The van der Waals surface area contributed by atoms with Crippen molar-refractivity contribution in [1.82, 2.24) is 9.88 Å². The Labute approximate surface area is 162 Å². The van der Waals surface area contributed by atoms with E-state index in [0.29, 0.717) is 54.3 Å². The van der Waals surface area contributed by atoms with E-state index < -0.39 is 0 Å². The fourth-order valence-corrected chi connectivity index (χ4v) is 3.71. The number of nitrogens with zero attached hydrogens (tertiary/aromatic N) is 2. The number of ether oxygens (including phenoxy) is 1. The molecular weight excluding hydrogens is 356 g/mol. The van der Waals surface area contributed by atoms with E-state index in [-0.39, 0.29) is 11.8 Å². The summed E-state index contributed by atoms with van der Waals surface area (Å²) in [6.07, 6.45) is 1.75. The zero-order valence-corrected chi connectivity index (χ0v) is 15.8. The molecule has 0 spiro atoms. The maximum Gasteiger partial charge on any atom is 0.256 e. The predicted octanol–water partition coefficient (Wildman–Crippen LogP) is 2.47. The molecular formula is C21H20N4O3. The Bertz CT molecular complexity index is 1050. The first-order chi connectivity index (χ1) is 13.5. The van der Waals surface area contributed by atoms with Crippen molar-refractivity contribution in [2.75, 3.05) is 31.6 Å². The molecule has 28 heavy (non-hydrogen) atoms. The van der Waals surface area contributed by atoms with Gasteiger partial charge in [0.05, 0.1) is 36.0 Å². The summed E-state index contributed by atoms with van der Waals surface area (Å²) in [5, 5.41) is 12.0. The third-order valence-electron chi connectivity index (χ3n) is 5.21. The summed E-state index contributed by atoms with van der Waals surface area (Å²) in [5.41, 5.74) is 5.26. The number of morpholine rings is 1. The van der Waals surface area contributed by atoms with E-state index >= 15 is 0 Å². The van der Waals surface area contributed by atoms with Crippen LogP contribution in [-0.4, -0.2) is 48.0 Å². The van der Waals surface area contributed by atoms with Crippen LogP contribution in [0.15, 0.2) is 18.2 Å². The highest BCUT2D eigenvalue weighted by Gasteiger charge is 2.27. The summed E-state index contributed by atoms with van der Waals surface area (Å²) in [5.74, 6) is -0.250. The Kier molecular flexibility index (Phi) is 4.49. The second-order valence-corrected chi connectivity index (χ2v) is 6.95. The van der Waals surface area contributed by atoms with Gasteiger partial charge in [0.2, 0.25) is 0 Å². The molecule has 4 rings (SSSR count). The van der Waals surface area contributed by atoms with E-state index in [2.05, 4.69) is 16.4 Å². The normalized spacial score (nSPS) is 17.4. The van der Waals surface area contributed by atoms with Crippen LogP contribution in [0.2, 0.25) is 0 Å². The fraction of sp³-hybridized carbons (Fsp3) is 0.286. The van der Waals surface area contributed by atoms with Gasteiger partial charge in [-0.25, -0.2) is 0 Å². The lowest BCUT2D eigenvalue weighted by atomic mass is 10.0. The average Bonchev–Trinajstić information content (AvgIpc) is 3.17. The van der Waals surface area contributed by atoms with E-state index in [0.717, 1.165) is 17.0 Å². The molecule has 2 aliphatic rings. The van der Waals surface area contributed by atoms with Gasteiger partial charge in [-0.1, -0.05) is 0 Å². The van der Waals surface area contributed by atoms with Crippen LogP contribution < -0.4 is 5.32 Å². The highest BCUT2D eigenvalue weighted by atomic mass is 16.5. The zero-order chi connectivity index (χ0) is 19.8. The SMILES string of the molecule is Cc1[nH]c(/C=C2\C(=O)Nc3ccc(C#N)cc32)c(C)c1C(=O)N1CCOCC1. The Morgan fingerprint density at radius 3 is 2.75 bits per heavy atom. The summed E-state index contributed by atoms with van der Waals surface area (Å²) in [4.78, 5) is 30.4. The summed E-state index contributed by atoms with van der Waals surface area (Å²) in [7, 11) is 0. The van der Waals surface area contributed by atoms with Gasteiger partial charge >= 0.3 is 0 Å². The molecule has 0 aliphatic carbocycles. The lowest BCUT2D eigenvalue weighted by Crippen LogP contribution is -2.41. The maximum atomic E-state index is 13.0. The number of carbonyl (C=O) groups excluding carboxylic acids is 2. The number of H-pyrrole nitrogens is 1. The molecule has 1 fully saturated rings. The second-order valence-electron chi connectivity index (χ2n) is 6.95. The van der Waals surface area contributed by atoms with Crippen molar-refractivity contribution >= 4 is 29.2 Å². The molecule has 2 aromatic rings. The molecule has 0 atom stereocenters. The topological polar surface area (TPSA) is 98.2 Å². The van der Waals surface area contributed by atoms with Crippen LogP contribution in [0, 0.1) is 25.2 Å². The van der Waals surface area contributed by atoms with Crippen molar-refractivity contribution in [1.29, 1.82) is 5.26 Å². The van der Waals surface area contributed by atoms with Crippen molar-refractivity contribution < 1.29 is 14.3 Å². The first-order valence-electron chi connectivity index (χ1n) is 9.13. The number of hydrogen-bond donors (Lipinski definition) is 2. The summed E-state index contributed by atoms with van der Waals surface area (Å²) in [6, 6.07) is 7.20. The van der Waals surface area contributed by atoms with E-state index in [1.807, 2.05) is 13.8 Å². The Balaban J connectivity index is 1.73. The highest BCUT2D eigenvalue weighted by molar-refractivity contribution is 6.35. The van der Waals surface area contributed by atoms with Gasteiger partial charge in [0.25, 0.3) is 11.8 Å². The van der Waals surface area contributed by atoms with Crippen molar-refractivity contribution in [2.45, 2.75) is 13.8 Å². The van der Waals surface area contributed by atoms with E-state index in [1.54, 1.807) is 29.2 Å². The molecule has 1 aromatic carbocycles. The molecule has 3 heterocycles. The maximum absolute atomic E-state index is 13.0. The smallest absolute Gasteiger partial charge is 0.256 e. The van der Waals surface area contributed by atoms with Crippen LogP contribution in [0.25, 0.3) is 11.6 Å². The molecule has 2 N–H and O–H groups in total. The van der Waals surface area contributed by atoms with Crippen molar-refractivity contribution in [2.24, 2.45) is 0 Å². The fourth-order valence-electron chi connectivity index (χ4n) is 3.71. The van der Waals surface area contributed by atoms with E-state index in [1.165, 1.54) is 0 Å². The Hall–Kier alpha value is -3.37. The molecule has 1 aromatic heterocycles. The number of nitrogens with one attached hydrogen (secondary N) is 2. The highest BCUT2D eigenvalue weighted by Crippen LogP contribution is 2.34. The number of aryl methyl sites for hydroxylation is 1. The molecule has 7 nitrogen and oxygen atoms in total. The van der Waals surface area contributed by atoms with Crippen molar-refractivity contribution in [3.63, 3.8) is 0 Å². The van der Waals surface area contributed by atoms with Gasteiger partial charge in [-0.15, -0.1) is 0 Å². The summed E-state index contributed by atoms with van der Waals surface area (Å²) < 4.78 is 5.33. The number of benzene rings is 1. The minimum absolute atomic E-state index is 0.0257. The number of hydrogen-bond acceptors (Lipinski definition) is 4. The third kappa shape index (κ3) is 2.98. The molecule has 0 saturated carbocycles. The monoisotopic (exact) mass is 376 g/mol. The molecule has 0 unspecified atom stereocenters. The van der Waals surface area contributed by atoms with Crippen LogP contribution in [0.3, 0.4) is 0 Å². The van der Waals surface area contributed by atoms with Crippen molar-refractivity contribution in [3.8, 4) is 6.07 Å².